The van der Waals surface area contributed by atoms with Crippen molar-refractivity contribution in [3.63, 3.8) is 0 Å². The van der Waals surface area contributed by atoms with Crippen LogP contribution in [0.5, 0.6) is 0 Å². The minimum atomic E-state index is -0.992. The number of imidazole rings is 1. The van der Waals surface area contributed by atoms with Gasteiger partial charge in [0.25, 0.3) is 0 Å². The van der Waals surface area contributed by atoms with E-state index in [0.29, 0.717) is 5.82 Å². The number of alkyl halides is 3. The van der Waals surface area contributed by atoms with Crippen LogP contribution in [0.15, 0.2) is 17.4 Å². The van der Waals surface area contributed by atoms with Crippen molar-refractivity contribution in [2.75, 3.05) is 15.6 Å². The van der Waals surface area contributed by atoms with Gasteiger partial charge in [-0.15, -0.1) is 0 Å². The monoisotopic (exact) mass is 318 g/mol. The van der Waals surface area contributed by atoms with Crippen LogP contribution in [0.1, 0.15) is 12.7 Å². The van der Waals surface area contributed by atoms with E-state index in [9.17, 15) is 0 Å². The number of nitrogen functional groups attached to an aromatic ring is 1. The molecular formula is C10H15IN4. The molecule has 0 bridgehead atoms. The topological polar surface area (TPSA) is 56.2 Å². The molecule has 0 fully saturated rings. The van der Waals surface area contributed by atoms with E-state index in [-0.39, 0.29) is 3.42 Å². The summed E-state index contributed by atoms with van der Waals surface area (Å²) in [6.45, 7) is 2.23. The number of rotatable bonds is 1. The first-order valence-corrected chi connectivity index (χ1v) is 10.0. The Labute approximate surface area is 96.6 Å². The van der Waals surface area contributed by atoms with Crippen molar-refractivity contribution in [3.8, 4) is 0 Å². The average molecular weight is 318 g/mol. The first kappa shape index (κ1) is 10.7. The normalized spacial score (nSPS) is 24.9. The van der Waals surface area contributed by atoms with Crippen LogP contribution < -0.4 is 5.73 Å². The molecule has 1 aromatic heterocycles. The average Bonchev–Trinajstić information content (AvgIpc) is 2.45. The molecule has 1 aromatic rings. The Hall–Kier alpha value is -0.850. The van der Waals surface area contributed by atoms with Crippen molar-refractivity contribution in [2.24, 2.45) is 5.10 Å². The fraction of sp³-hybridized carbons (Fsp3) is 0.400. The summed E-state index contributed by atoms with van der Waals surface area (Å²) >= 11 is -0.992. The second kappa shape index (κ2) is 3.62. The van der Waals surface area contributed by atoms with E-state index in [0.717, 1.165) is 5.82 Å². The van der Waals surface area contributed by atoms with Gasteiger partial charge in [-0.3, -0.25) is 0 Å². The molecule has 5 heteroatoms. The Morgan fingerprint density at radius 3 is 2.87 bits per heavy atom. The summed E-state index contributed by atoms with van der Waals surface area (Å²) in [6, 6.07) is 0. The molecule has 1 aliphatic rings. The molecule has 0 aromatic carbocycles. The Kier molecular flexibility index (Phi) is 2.57. The van der Waals surface area contributed by atoms with Crippen LogP contribution in [0.4, 0.5) is 5.82 Å². The molecule has 2 rings (SSSR count). The van der Waals surface area contributed by atoms with Gasteiger partial charge in [-0.2, -0.15) is 0 Å². The predicted molar refractivity (Wildman–Crippen MR) is 73.8 cm³/mol. The zero-order valence-corrected chi connectivity index (χ0v) is 11.3. The number of nitrogens with two attached hydrogens (primary N) is 1. The molecule has 82 valence electrons. The second-order valence-corrected chi connectivity index (χ2v) is 10.5. The van der Waals surface area contributed by atoms with Crippen LogP contribution in [0.3, 0.4) is 0 Å². The Bertz CT molecular complexity index is 399. The zero-order valence-electron chi connectivity index (χ0n) is 9.11. The first-order valence-electron chi connectivity index (χ1n) is 4.61. The third kappa shape index (κ3) is 1.92. The van der Waals surface area contributed by atoms with Gasteiger partial charge >= 0.3 is 96.7 Å². The summed E-state index contributed by atoms with van der Waals surface area (Å²) in [4.78, 5) is 8.87. The van der Waals surface area contributed by atoms with E-state index in [2.05, 4.69) is 32.9 Å². The fourth-order valence-electron chi connectivity index (χ4n) is 1.29. The summed E-state index contributed by atoms with van der Waals surface area (Å²) in [6.07, 6.45) is 7.98. The Balaban J connectivity index is 2.43. The summed E-state index contributed by atoms with van der Waals surface area (Å²) in [5.74, 6) is 1.32. The summed E-state index contributed by atoms with van der Waals surface area (Å²) in [5, 5.41) is 4.41. The molecule has 0 aliphatic carbocycles. The molecule has 4 nitrogen and oxygen atoms in total. The SMILES string of the molecule is CI(C)C1(C)C=Cc2nc(N)cn2N=C1. The van der Waals surface area contributed by atoms with Gasteiger partial charge in [-0.25, -0.2) is 0 Å². The van der Waals surface area contributed by atoms with Crippen LogP contribution in [0.2, 0.25) is 0 Å². The van der Waals surface area contributed by atoms with Gasteiger partial charge in [0.05, 0.1) is 0 Å². The van der Waals surface area contributed by atoms with Crippen LogP contribution in [-0.4, -0.2) is 29.2 Å². The van der Waals surface area contributed by atoms with Crippen molar-refractivity contribution >= 4 is 37.9 Å². The fourth-order valence-corrected chi connectivity index (χ4v) is 2.87. The maximum atomic E-state index is 5.61. The third-order valence-corrected chi connectivity index (χ3v) is 7.83. The molecule has 2 heterocycles. The molecule has 0 saturated carbocycles. The van der Waals surface area contributed by atoms with Crippen molar-refractivity contribution in [3.05, 3.63) is 18.1 Å². The van der Waals surface area contributed by atoms with Crippen LogP contribution >= 0.6 is 19.8 Å². The van der Waals surface area contributed by atoms with Gasteiger partial charge in [0.2, 0.25) is 0 Å². The standard InChI is InChI=1S/C10H15IN4/c1-10(11(2)3)5-4-9-14-8(12)6-15(9)13-7-10/h4-7H,12H2,1-3H3. The quantitative estimate of drug-likeness (QED) is 0.635. The Morgan fingerprint density at radius 1 is 1.47 bits per heavy atom. The number of aromatic nitrogens is 2. The summed E-state index contributed by atoms with van der Waals surface area (Å²) in [5.41, 5.74) is 5.61. The number of allylic oxidation sites excluding steroid dienone is 1. The van der Waals surface area contributed by atoms with Gasteiger partial charge in [0, 0.05) is 0 Å². The van der Waals surface area contributed by atoms with Crippen molar-refractivity contribution < 1.29 is 0 Å². The molecule has 0 spiro atoms. The van der Waals surface area contributed by atoms with E-state index in [1.54, 1.807) is 10.9 Å². The molecule has 0 radical (unpaired) electrons. The molecule has 0 saturated heterocycles. The van der Waals surface area contributed by atoms with E-state index in [1.807, 2.05) is 12.3 Å². The van der Waals surface area contributed by atoms with Crippen LogP contribution in [0, 0.1) is 0 Å². The van der Waals surface area contributed by atoms with Crippen LogP contribution in [-0.2, 0) is 0 Å². The number of halogens is 1. The maximum absolute atomic E-state index is 5.61. The van der Waals surface area contributed by atoms with E-state index in [1.165, 1.54) is 0 Å². The number of nitrogens with zero attached hydrogens (tertiary/aromatic N) is 3. The number of fused-ring (bicyclic) bond motifs is 1. The van der Waals surface area contributed by atoms with Crippen molar-refractivity contribution in [1.29, 1.82) is 0 Å². The number of anilines is 1. The van der Waals surface area contributed by atoms with Crippen molar-refractivity contribution in [2.45, 2.75) is 10.3 Å². The number of hydrogen-bond donors (Lipinski definition) is 1. The predicted octanol–water partition coefficient (Wildman–Crippen LogP) is 1.85. The van der Waals surface area contributed by atoms with E-state index < -0.39 is 19.8 Å². The van der Waals surface area contributed by atoms with Gasteiger partial charge < -0.3 is 0 Å². The van der Waals surface area contributed by atoms with E-state index >= 15 is 0 Å². The molecule has 15 heavy (non-hydrogen) atoms. The summed E-state index contributed by atoms with van der Waals surface area (Å²) < 4.78 is 1.87. The Morgan fingerprint density at radius 2 is 2.20 bits per heavy atom. The first-order chi connectivity index (χ1) is 7.01. The van der Waals surface area contributed by atoms with Gasteiger partial charge in [-0.1, -0.05) is 0 Å². The third-order valence-electron chi connectivity index (χ3n) is 2.54. The van der Waals surface area contributed by atoms with Gasteiger partial charge in [0.15, 0.2) is 0 Å². The van der Waals surface area contributed by atoms with Crippen LogP contribution in [0.25, 0.3) is 6.08 Å². The van der Waals surface area contributed by atoms with Gasteiger partial charge in [-0.05, 0) is 0 Å². The number of hydrogen-bond acceptors (Lipinski definition) is 3. The zero-order chi connectivity index (χ0) is 11.1. The molecule has 2 N–H and O–H groups in total. The molecule has 1 atom stereocenters. The van der Waals surface area contributed by atoms with Gasteiger partial charge in [0.1, 0.15) is 0 Å². The second-order valence-electron chi connectivity index (χ2n) is 3.85. The molecule has 0 amide bonds. The molecular weight excluding hydrogens is 303 g/mol. The molecule has 1 aliphatic heterocycles. The molecule has 1 unspecified atom stereocenters. The minimum absolute atomic E-state index is 0.138. The van der Waals surface area contributed by atoms with E-state index in [4.69, 9.17) is 5.73 Å². The van der Waals surface area contributed by atoms with Crippen molar-refractivity contribution in [1.82, 2.24) is 9.66 Å². The summed E-state index contributed by atoms with van der Waals surface area (Å²) in [7, 11) is 0.